The third-order valence-electron chi connectivity index (χ3n) is 3.74. The van der Waals surface area contributed by atoms with Crippen molar-refractivity contribution in [1.82, 2.24) is 10.2 Å². The molecule has 0 aliphatic rings. The zero-order valence-corrected chi connectivity index (χ0v) is 14.3. The van der Waals surface area contributed by atoms with Crippen LogP contribution in [0.15, 0.2) is 54.6 Å². The Labute approximate surface area is 147 Å². The summed E-state index contributed by atoms with van der Waals surface area (Å²) in [4.78, 5) is 25.3. The standard InChI is InChI=1S/C19H23N3O3/c1-25-12-11-22(14-16-5-3-2-4-6-16)18(23)17-9-7-15(8-10-17)13-21-19(20)24/h2-10H,11-14H2,1H3,(H3,20,21,24). The fourth-order valence-corrected chi connectivity index (χ4v) is 2.39. The smallest absolute Gasteiger partial charge is 0.312 e. The molecule has 0 heterocycles. The van der Waals surface area contributed by atoms with E-state index in [0.29, 0.717) is 31.8 Å². The zero-order chi connectivity index (χ0) is 18.1. The first-order valence-corrected chi connectivity index (χ1v) is 8.04. The van der Waals surface area contributed by atoms with Crippen LogP contribution in [0.4, 0.5) is 4.79 Å². The van der Waals surface area contributed by atoms with Crippen molar-refractivity contribution in [3.63, 3.8) is 0 Å². The quantitative estimate of drug-likeness (QED) is 0.771. The van der Waals surface area contributed by atoms with Crippen molar-refractivity contribution in [3.05, 3.63) is 71.3 Å². The van der Waals surface area contributed by atoms with E-state index in [1.165, 1.54) is 0 Å². The Morgan fingerprint density at radius 3 is 2.32 bits per heavy atom. The molecule has 3 N–H and O–H groups in total. The maximum atomic E-state index is 12.8. The summed E-state index contributed by atoms with van der Waals surface area (Å²) in [5.74, 6) is -0.0599. The van der Waals surface area contributed by atoms with Gasteiger partial charge in [-0.05, 0) is 23.3 Å². The minimum atomic E-state index is -0.575. The molecule has 6 heteroatoms. The number of nitrogens with zero attached hydrogens (tertiary/aromatic N) is 1. The van der Waals surface area contributed by atoms with Crippen molar-refractivity contribution >= 4 is 11.9 Å². The Kier molecular flexibility index (Phi) is 6.98. The largest absolute Gasteiger partial charge is 0.383 e. The number of hydrogen-bond acceptors (Lipinski definition) is 3. The van der Waals surface area contributed by atoms with Gasteiger partial charge in [0.2, 0.25) is 0 Å². The summed E-state index contributed by atoms with van der Waals surface area (Å²) in [6.45, 7) is 1.84. The lowest BCUT2D eigenvalue weighted by Crippen LogP contribution is -2.33. The summed E-state index contributed by atoms with van der Waals surface area (Å²) in [7, 11) is 1.62. The number of primary amides is 1. The number of rotatable bonds is 8. The molecule has 6 nitrogen and oxygen atoms in total. The molecule has 0 radical (unpaired) electrons. The van der Waals surface area contributed by atoms with Gasteiger partial charge in [0.1, 0.15) is 0 Å². The topological polar surface area (TPSA) is 84.7 Å². The molecule has 0 aliphatic heterocycles. The van der Waals surface area contributed by atoms with E-state index in [9.17, 15) is 9.59 Å². The summed E-state index contributed by atoms with van der Waals surface area (Å²) < 4.78 is 5.12. The maximum absolute atomic E-state index is 12.8. The molecule has 2 aromatic carbocycles. The molecule has 0 spiro atoms. The number of benzene rings is 2. The summed E-state index contributed by atoms with van der Waals surface area (Å²) >= 11 is 0. The highest BCUT2D eigenvalue weighted by Gasteiger charge is 2.16. The molecule has 132 valence electrons. The van der Waals surface area contributed by atoms with Crippen LogP contribution in [0.5, 0.6) is 0 Å². The molecule has 0 bridgehead atoms. The fraction of sp³-hybridized carbons (Fsp3) is 0.263. The van der Waals surface area contributed by atoms with Gasteiger partial charge in [0.25, 0.3) is 5.91 Å². The first-order valence-electron chi connectivity index (χ1n) is 8.04. The van der Waals surface area contributed by atoms with Gasteiger partial charge in [-0.25, -0.2) is 4.79 Å². The normalized spacial score (nSPS) is 10.3. The number of carbonyl (C=O) groups is 2. The number of ether oxygens (including phenoxy) is 1. The van der Waals surface area contributed by atoms with Gasteiger partial charge in [-0.15, -0.1) is 0 Å². The second-order valence-corrected chi connectivity index (χ2v) is 5.62. The molecule has 0 saturated carbocycles. The predicted molar refractivity (Wildman–Crippen MR) is 95.9 cm³/mol. The lowest BCUT2D eigenvalue weighted by molar-refractivity contribution is 0.0680. The summed E-state index contributed by atoms with van der Waals surface area (Å²) in [6, 6.07) is 16.4. The number of methoxy groups -OCH3 is 1. The molecule has 0 aliphatic carbocycles. The number of nitrogens with two attached hydrogens (primary N) is 1. The fourth-order valence-electron chi connectivity index (χ4n) is 2.39. The average molecular weight is 341 g/mol. The number of carbonyl (C=O) groups excluding carboxylic acids is 2. The van der Waals surface area contributed by atoms with E-state index in [-0.39, 0.29) is 5.91 Å². The zero-order valence-electron chi connectivity index (χ0n) is 14.3. The van der Waals surface area contributed by atoms with Gasteiger partial charge in [0.15, 0.2) is 0 Å². The first kappa shape index (κ1) is 18.5. The Morgan fingerprint density at radius 2 is 1.72 bits per heavy atom. The molecule has 0 aromatic heterocycles. The van der Waals surface area contributed by atoms with Crippen LogP contribution in [0.3, 0.4) is 0 Å². The maximum Gasteiger partial charge on any atom is 0.312 e. The minimum Gasteiger partial charge on any atom is -0.383 e. The van der Waals surface area contributed by atoms with Crippen molar-refractivity contribution in [2.24, 2.45) is 5.73 Å². The SMILES string of the molecule is COCCN(Cc1ccccc1)C(=O)c1ccc(CNC(N)=O)cc1. The molecule has 0 unspecified atom stereocenters. The van der Waals surface area contributed by atoms with Gasteiger partial charge in [-0.1, -0.05) is 42.5 Å². The van der Waals surface area contributed by atoms with Crippen molar-refractivity contribution < 1.29 is 14.3 Å². The Hall–Kier alpha value is -2.86. The van der Waals surface area contributed by atoms with E-state index in [1.807, 2.05) is 30.3 Å². The summed E-state index contributed by atoms with van der Waals surface area (Å²) in [5.41, 5.74) is 7.59. The highest BCUT2D eigenvalue weighted by atomic mass is 16.5. The average Bonchev–Trinajstić information content (AvgIpc) is 2.64. The van der Waals surface area contributed by atoms with Gasteiger partial charge >= 0.3 is 6.03 Å². The van der Waals surface area contributed by atoms with Crippen LogP contribution < -0.4 is 11.1 Å². The van der Waals surface area contributed by atoms with E-state index in [2.05, 4.69) is 5.32 Å². The summed E-state index contributed by atoms with van der Waals surface area (Å²) in [5, 5.41) is 2.52. The Morgan fingerprint density at radius 1 is 1.04 bits per heavy atom. The first-order chi connectivity index (χ1) is 12.1. The molecule has 3 amide bonds. The van der Waals surface area contributed by atoms with E-state index in [1.54, 1.807) is 36.3 Å². The molecule has 0 saturated heterocycles. The lowest BCUT2D eigenvalue weighted by atomic mass is 10.1. The number of amides is 3. The van der Waals surface area contributed by atoms with Gasteiger partial charge in [0.05, 0.1) is 6.61 Å². The number of nitrogens with one attached hydrogen (secondary N) is 1. The van der Waals surface area contributed by atoms with Crippen LogP contribution in [-0.4, -0.2) is 37.1 Å². The number of hydrogen-bond donors (Lipinski definition) is 2. The van der Waals surface area contributed by atoms with Crippen molar-refractivity contribution in [2.45, 2.75) is 13.1 Å². The lowest BCUT2D eigenvalue weighted by Gasteiger charge is -2.23. The second-order valence-electron chi connectivity index (χ2n) is 5.62. The van der Waals surface area contributed by atoms with E-state index >= 15 is 0 Å². The molecule has 2 aromatic rings. The predicted octanol–water partition coefficient (Wildman–Crippen LogP) is 2.14. The third kappa shape index (κ3) is 5.93. The highest BCUT2D eigenvalue weighted by molar-refractivity contribution is 5.94. The minimum absolute atomic E-state index is 0.0599. The van der Waals surface area contributed by atoms with Gasteiger partial charge < -0.3 is 20.7 Å². The van der Waals surface area contributed by atoms with Crippen LogP contribution >= 0.6 is 0 Å². The Balaban J connectivity index is 2.08. The van der Waals surface area contributed by atoms with Crippen LogP contribution in [0.1, 0.15) is 21.5 Å². The molecule has 0 fully saturated rings. The molecule has 0 atom stereocenters. The van der Waals surface area contributed by atoms with Gasteiger partial charge in [-0.3, -0.25) is 4.79 Å². The molecular formula is C19H23N3O3. The highest BCUT2D eigenvalue weighted by Crippen LogP contribution is 2.11. The van der Waals surface area contributed by atoms with Crippen molar-refractivity contribution in [2.75, 3.05) is 20.3 Å². The van der Waals surface area contributed by atoms with Gasteiger partial charge in [-0.2, -0.15) is 0 Å². The van der Waals surface area contributed by atoms with Crippen molar-refractivity contribution in [1.29, 1.82) is 0 Å². The molecule has 25 heavy (non-hydrogen) atoms. The second kappa shape index (κ2) is 9.44. The number of urea groups is 1. The molecule has 2 rings (SSSR count). The van der Waals surface area contributed by atoms with E-state index in [0.717, 1.165) is 11.1 Å². The van der Waals surface area contributed by atoms with Crippen molar-refractivity contribution in [3.8, 4) is 0 Å². The summed E-state index contributed by atoms with van der Waals surface area (Å²) in [6.07, 6.45) is 0. The Bertz CT molecular complexity index is 687. The molecular weight excluding hydrogens is 318 g/mol. The third-order valence-corrected chi connectivity index (χ3v) is 3.74. The monoisotopic (exact) mass is 341 g/mol. The van der Waals surface area contributed by atoms with E-state index < -0.39 is 6.03 Å². The van der Waals surface area contributed by atoms with Crippen LogP contribution in [0, 0.1) is 0 Å². The van der Waals surface area contributed by atoms with Crippen LogP contribution in [0.25, 0.3) is 0 Å². The van der Waals surface area contributed by atoms with Crippen LogP contribution in [-0.2, 0) is 17.8 Å². The van der Waals surface area contributed by atoms with E-state index in [4.69, 9.17) is 10.5 Å². The van der Waals surface area contributed by atoms with Gasteiger partial charge in [0, 0.05) is 32.3 Å². The van der Waals surface area contributed by atoms with Crippen LogP contribution in [0.2, 0.25) is 0 Å².